The third-order valence-electron chi connectivity index (χ3n) is 3.68. The van der Waals surface area contributed by atoms with Gasteiger partial charge >= 0.3 is 0 Å². The predicted octanol–water partition coefficient (Wildman–Crippen LogP) is 2.07. The van der Waals surface area contributed by atoms with Gasteiger partial charge in [-0.15, -0.1) is 0 Å². The van der Waals surface area contributed by atoms with Crippen LogP contribution in [0.1, 0.15) is 51.9 Å². The first-order chi connectivity index (χ1) is 9.01. The number of H-pyrrole nitrogens is 1. The molecule has 1 aromatic heterocycles. The number of imidazole rings is 1. The molecule has 1 aromatic rings. The van der Waals surface area contributed by atoms with Gasteiger partial charge in [0, 0.05) is 12.4 Å². The minimum Gasteiger partial charge on any atom is -0.392 e. The number of carbonyl (C=O) groups excluding carboxylic acids is 1. The molecule has 5 nitrogen and oxygen atoms in total. The number of aromatic amines is 1. The Hall–Kier alpha value is -1.43. The van der Waals surface area contributed by atoms with Crippen molar-refractivity contribution < 1.29 is 4.79 Å². The Labute approximate surface area is 119 Å². The monoisotopic (exact) mass is 282 g/mol. The second kappa shape index (κ2) is 6.65. The van der Waals surface area contributed by atoms with Crippen LogP contribution in [0.25, 0.3) is 0 Å². The molecule has 1 heterocycles. The van der Waals surface area contributed by atoms with Gasteiger partial charge in [0.15, 0.2) is 0 Å². The molecule has 0 aliphatic rings. The first-order valence-corrected chi connectivity index (χ1v) is 7.02. The van der Waals surface area contributed by atoms with Gasteiger partial charge in [-0.2, -0.15) is 0 Å². The van der Waals surface area contributed by atoms with E-state index in [4.69, 9.17) is 18.0 Å². The molecule has 0 radical (unpaired) electrons. The SMILES string of the molecule is CCC(NC(=O)C(CC)(CC)C(N)=S)c1ncc[nH]1. The highest BCUT2D eigenvalue weighted by molar-refractivity contribution is 7.80. The average Bonchev–Trinajstić information content (AvgIpc) is 2.91. The van der Waals surface area contributed by atoms with Crippen molar-refractivity contribution in [2.45, 2.75) is 46.1 Å². The lowest BCUT2D eigenvalue weighted by Crippen LogP contribution is -2.49. The summed E-state index contributed by atoms with van der Waals surface area (Å²) in [6, 6.07) is -0.144. The molecule has 19 heavy (non-hydrogen) atoms. The summed E-state index contributed by atoms with van der Waals surface area (Å²) in [6.45, 7) is 5.85. The van der Waals surface area contributed by atoms with Crippen LogP contribution in [-0.4, -0.2) is 20.9 Å². The molecule has 0 fully saturated rings. The molecule has 0 spiro atoms. The quantitative estimate of drug-likeness (QED) is 0.668. The van der Waals surface area contributed by atoms with Gasteiger partial charge in [-0.1, -0.05) is 33.0 Å². The van der Waals surface area contributed by atoms with E-state index in [1.165, 1.54) is 0 Å². The normalized spacial score (nSPS) is 13.0. The fourth-order valence-electron chi connectivity index (χ4n) is 2.16. The number of hydrogen-bond acceptors (Lipinski definition) is 3. The molecule has 0 bridgehead atoms. The zero-order chi connectivity index (χ0) is 14.5. The van der Waals surface area contributed by atoms with Crippen LogP contribution in [0.15, 0.2) is 12.4 Å². The highest BCUT2D eigenvalue weighted by Gasteiger charge is 2.39. The topological polar surface area (TPSA) is 83.8 Å². The molecule has 0 aliphatic heterocycles. The molecular weight excluding hydrogens is 260 g/mol. The molecule has 1 unspecified atom stereocenters. The number of thiocarbonyl (C=S) groups is 1. The van der Waals surface area contributed by atoms with Crippen LogP contribution in [0, 0.1) is 5.41 Å². The van der Waals surface area contributed by atoms with E-state index >= 15 is 0 Å². The van der Waals surface area contributed by atoms with Crippen LogP contribution >= 0.6 is 12.2 Å². The van der Waals surface area contributed by atoms with Crippen molar-refractivity contribution in [2.75, 3.05) is 0 Å². The number of hydrogen-bond donors (Lipinski definition) is 3. The molecule has 1 amide bonds. The van der Waals surface area contributed by atoms with E-state index in [0.29, 0.717) is 12.8 Å². The first-order valence-electron chi connectivity index (χ1n) is 6.61. The second-order valence-corrected chi connectivity index (χ2v) is 5.00. The zero-order valence-electron chi connectivity index (χ0n) is 11.7. The van der Waals surface area contributed by atoms with Crippen LogP contribution < -0.4 is 11.1 Å². The summed E-state index contributed by atoms with van der Waals surface area (Å²) in [7, 11) is 0. The molecule has 1 atom stereocenters. The summed E-state index contributed by atoms with van der Waals surface area (Å²) in [4.78, 5) is 20.0. The third-order valence-corrected chi connectivity index (χ3v) is 4.07. The van der Waals surface area contributed by atoms with Crippen LogP contribution in [0.2, 0.25) is 0 Å². The van der Waals surface area contributed by atoms with Gasteiger partial charge in [0.25, 0.3) is 0 Å². The Morgan fingerprint density at radius 3 is 2.53 bits per heavy atom. The van der Waals surface area contributed by atoms with Gasteiger partial charge in [-0.05, 0) is 19.3 Å². The van der Waals surface area contributed by atoms with E-state index < -0.39 is 5.41 Å². The summed E-state index contributed by atoms with van der Waals surface area (Å²) in [6.07, 6.45) is 5.35. The van der Waals surface area contributed by atoms with Gasteiger partial charge in [0.1, 0.15) is 5.82 Å². The van der Waals surface area contributed by atoms with Crippen LogP contribution in [0.5, 0.6) is 0 Å². The van der Waals surface area contributed by atoms with Gasteiger partial charge in [0.2, 0.25) is 5.91 Å². The number of nitrogens with two attached hydrogens (primary N) is 1. The molecule has 0 aliphatic carbocycles. The summed E-state index contributed by atoms with van der Waals surface area (Å²) in [5.41, 5.74) is 5.01. The lowest BCUT2D eigenvalue weighted by atomic mass is 9.81. The minimum atomic E-state index is -0.769. The zero-order valence-corrected chi connectivity index (χ0v) is 12.5. The molecule has 1 rings (SSSR count). The van der Waals surface area contributed by atoms with E-state index in [0.717, 1.165) is 12.2 Å². The maximum absolute atomic E-state index is 12.5. The summed E-state index contributed by atoms with van der Waals surface area (Å²) >= 11 is 5.09. The predicted molar refractivity (Wildman–Crippen MR) is 79.6 cm³/mol. The molecular formula is C13H22N4OS. The van der Waals surface area contributed by atoms with E-state index in [1.807, 2.05) is 20.8 Å². The van der Waals surface area contributed by atoms with E-state index in [2.05, 4.69) is 15.3 Å². The number of nitrogens with one attached hydrogen (secondary N) is 2. The lowest BCUT2D eigenvalue weighted by Gasteiger charge is -2.30. The molecule has 0 saturated heterocycles. The van der Waals surface area contributed by atoms with Crippen molar-refractivity contribution in [2.24, 2.45) is 11.1 Å². The Balaban J connectivity index is 2.90. The fourth-order valence-corrected chi connectivity index (χ4v) is 2.54. The molecule has 6 heteroatoms. The van der Waals surface area contributed by atoms with Crippen LogP contribution in [-0.2, 0) is 4.79 Å². The molecule has 0 aromatic carbocycles. The Morgan fingerprint density at radius 2 is 2.16 bits per heavy atom. The van der Waals surface area contributed by atoms with Gasteiger partial charge in [-0.25, -0.2) is 4.98 Å². The molecule has 106 valence electrons. The maximum Gasteiger partial charge on any atom is 0.233 e. The van der Waals surface area contributed by atoms with Crippen molar-refractivity contribution >= 4 is 23.1 Å². The van der Waals surface area contributed by atoms with Gasteiger partial charge in [-0.3, -0.25) is 4.79 Å². The summed E-state index contributed by atoms with van der Waals surface area (Å²) in [5.74, 6) is 0.633. The first kappa shape index (κ1) is 15.6. The van der Waals surface area contributed by atoms with Crippen molar-refractivity contribution in [1.82, 2.24) is 15.3 Å². The maximum atomic E-state index is 12.5. The van der Waals surface area contributed by atoms with E-state index in [-0.39, 0.29) is 16.9 Å². The van der Waals surface area contributed by atoms with Crippen molar-refractivity contribution in [1.29, 1.82) is 0 Å². The Morgan fingerprint density at radius 1 is 1.53 bits per heavy atom. The molecule has 4 N–H and O–H groups in total. The number of aromatic nitrogens is 2. The lowest BCUT2D eigenvalue weighted by molar-refractivity contribution is -0.128. The van der Waals surface area contributed by atoms with Crippen molar-refractivity contribution in [3.63, 3.8) is 0 Å². The average molecular weight is 282 g/mol. The number of rotatable bonds is 7. The largest absolute Gasteiger partial charge is 0.392 e. The van der Waals surface area contributed by atoms with Crippen LogP contribution in [0.4, 0.5) is 0 Å². The number of nitrogens with zero attached hydrogens (tertiary/aromatic N) is 1. The smallest absolute Gasteiger partial charge is 0.233 e. The second-order valence-electron chi connectivity index (χ2n) is 4.56. The van der Waals surface area contributed by atoms with E-state index in [1.54, 1.807) is 12.4 Å². The number of amides is 1. The fraction of sp³-hybridized carbons (Fsp3) is 0.615. The summed E-state index contributed by atoms with van der Waals surface area (Å²) in [5, 5.41) is 2.99. The number of carbonyl (C=O) groups is 1. The van der Waals surface area contributed by atoms with Crippen molar-refractivity contribution in [3.8, 4) is 0 Å². The van der Waals surface area contributed by atoms with E-state index in [9.17, 15) is 4.79 Å². The van der Waals surface area contributed by atoms with Gasteiger partial charge < -0.3 is 16.0 Å². The summed E-state index contributed by atoms with van der Waals surface area (Å²) < 4.78 is 0. The van der Waals surface area contributed by atoms with Gasteiger partial charge in [0.05, 0.1) is 16.4 Å². The highest BCUT2D eigenvalue weighted by atomic mass is 32.1. The standard InChI is InChI=1S/C13H22N4OS/c1-4-9(10-15-7-8-16-10)17-12(18)13(5-2,6-3)11(14)19/h7-9H,4-6H2,1-3H3,(H2,14,19)(H,15,16)(H,17,18). The Bertz CT molecular complexity index is 426. The minimum absolute atomic E-state index is 0.117. The third kappa shape index (κ3) is 3.12. The van der Waals surface area contributed by atoms with Crippen molar-refractivity contribution in [3.05, 3.63) is 18.2 Å². The molecule has 0 saturated carbocycles. The Kier molecular flexibility index (Phi) is 5.47. The highest BCUT2D eigenvalue weighted by Crippen LogP contribution is 2.28. The van der Waals surface area contributed by atoms with Crippen LogP contribution in [0.3, 0.4) is 0 Å².